The molecule has 2 aromatic heterocycles. The number of pyridine rings is 1. The maximum Gasteiger partial charge on any atom is 0.247 e. The van der Waals surface area contributed by atoms with E-state index in [1.165, 1.54) is 38.0 Å². The van der Waals surface area contributed by atoms with Crippen LogP contribution in [0.15, 0.2) is 66.3 Å². The second-order valence-corrected chi connectivity index (χ2v) is 9.54. The number of carbonyl (C=O) groups excluding carboxylic acids is 1. The highest BCUT2D eigenvalue weighted by Crippen LogP contribution is 2.26. The minimum atomic E-state index is -1.31. The number of hydrogen-bond acceptors (Lipinski definition) is 8. The van der Waals surface area contributed by atoms with Crippen LogP contribution in [-0.4, -0.2) is 44.4 Å². The zero-order valence-electron chi connectivity index (χ0n) is 19.7. The highest BCUT2D eigenvalue weighted by atomic mass is 32.2. The van der Waals surface area contributed by atoms with Crippen molar-refractivity contribution in [2.24, 2.45) is 0 Å². The van der Waals surface area contributed by atoms with E-state index in [1.54, 1.807) is 30.7 Å². The zero-order chi connectivity index (χ0) is 24.6. The molecule has 1 saturated heterocycles. The molecular weight excluding hydrogens is 462 g/mol. The molecule has 1 aromatic carbocycles. The summed E-state index contributed by atoms with van der Waals surface area (Å²) in [4.78, 5) is 27.9. The lowest BCUT2D eigenvalue weighted by Gasteiger charge is -2.21. The lowest BCUT2D eigenvalue weighted by molar-refractivity contribution is -0.111. The molecule has 1 fully saturated rings. The monoisotopic (exact) mass is 491 g/mol. The molecule has 0 saturated carbocycles. The van der Waals surface area contributed by atoms with Gasteiger partial charge in [0, 0.05) is 30.7 Å². The normalized spacial score (nSPS) is 14.5. The molecule has 182 valence electrons. The quantitative estimate of drug-likeness (QED) is 0.392. The van der Waals surface area contributed by atoms with E-state index >= 15 is 0 Å². The fourth-order valence-electron chi connectivity index (χ4n) is 3.81. The molecule has 10 heteroatoms. The van der Waals surface area contributed by atoms with Gasteiger partial charge in [-0.2, -0.15) is 4.98 Å². The van der Waals surface area contributed by atoms with Crippen LogP contribution in [0.2, 0.25) is 0 Å². The molecule has 3 N–H and O–H groups in total. The van der Waals surface area contributed by atoms with E-state index in [0.29, 0.717) is 28.0 Å². The van der Waals surface area contributed by atoms with Gasteiger partial charge in [-0.15, -0.1) is 0 Å². The standard InChI is InChI=1S/C25H29N7O2S/c1-3-23(33)28-18-9-8-10-19(15-18)29-24-21(35(2)34)17-27-25(31-24)30-20-11-12-22(26-16-20)32-13-6-4-5-7-14-32/h3,8-12,15-17H,1,4-7,13-14H2,2H3,(H,28,33)(H2,27,29,30,31). The van der Waals surface area contributed by atoms with Gasteiger partial charge in [0.2, 0.25) is 11.9 Å². The first-order valence-electron chi connectivity index (χ1n) is 11.5. The molecule has 4 rings (SSSR count). The van der Waals surface area contributed by atoms with Crippen molar-refractivity contribution in [3.05, 3.63) is 61.4 Å². The molecule has 0 aliphatic carbocycles. The van der Waals surface area contributed by atoms with Crippen molar-refractivity contribution in [3.8, 4) is 0 Å². The van der Waals surface area contributed by atoms with Gasteiger partial charge in [-0.3, -0.25) is 9.00 Å². The first-order chi connectivity index (χ1) is 17.0. The van der Waals surface area contributed by atoms with Gasteiger partial charge in [0.25, 0.3) is 0 Å². The van der Waals surface area contributed by atoms with Crippen molar-refractivity contribution in [1.29, 1.82) is 0 Å². The van der Waals surface area contributed by atoms with Crippen molar-refractivity contribution < 1.29 is 9.00 Å². The Hall–Kier alpha value is -3.79. The second-order valence-electron chi connectivity index (χ2n) is 8.19. The van der Waals surface area contributed by atoms with Gasteiger partial charge in [-0.25, -0.2) is 9.97 Å². The first kappa shape index (κ1) is 24.3. The highest BCUT2D eigenvalue weighted by molar-refractivity contribution is 7.84. The van der Waals surface area contributed by atoms with Crippen molar-refractivity contribution in [2.45, 2.75) is 30.6 Å². The van der Waals surface area contributed by atoms with Crippen molar-refractivity contribution in [1.82, 2.24) is 15.0 Å². The van der Waals surface area contributed by atoms with Crippen LogP contribution in [0, 0.1) is 0 Å². The topological polar surface area (TPSA) is 112 Å². The Morgan fingerprint density at radius 3 is 2.46 bits per heavy atom. The summed E-state index contributed by atoms with van der Waals surface area (Å²) < 4.78 is 12.3. The fourth-order valence-corrected chi connectivity index (χ4v) is 4.38. The Balaban J connectivity index is 1.51. The summed E-state index contributed by atoms with van der Waals surface area (Å²) in [6, 6.07) is 11.1. The molecule has 9 nitrogen and oxygen atoms in total. The Morgan fingerprint density at radius 1 is 1.00 bits per heavy atom. The van der Waals surface area contributed by atoms with E-state index in [2.05, 4.69) is 42.4 Å². The second kappa shape index (κ2) is 11.6. The predicted molar refractivity (Wildman–Crippen MR) is 141 cm³/mol. The Bertz CT molecular complexity index is 1210. The molecule has 0 spiro atoms. The molecule has 1 aliphatic heterocycles. The van der Waals surface area contributed by atoms with E-state index in [-0.39, 0.29) is 5.91 Å². The van der Waals surface area contributed by atoms with E-state index in [9.17, 15) is 9.00 Å². The molecule has 1 unspecified atom stereocenters. The lowest BCUT2D eigenvalue weighted by Crippen LogP contribution is -2.24. The summed E-state index contributed by atoms with van der Waals surface area (Å²) in [6.45, 7) is 5.53. The average Bonchev–Trinajstić information content (AvgIpc) is 3.14. The molecule has 3 heterocycles. The molecule has 35 heavy (non-hydrogen) atoms. The van der Waals surface area contributed by atoms with Crippen LogP contribution in [0.1, 0.15) is 25.7 Å². The molecule has 0 bridgehead atoms. The number of carbonyl (C=O) groups is 1. The molecular formula is C25H29N7O2S. The van der Waals surface area contributed by atoms with Gasteiger partial charge < -0.3 is 20.9 Å². The number of anilines is 6. The van der Waals surface area contributed by atoms with Crippen LogP contribution in [0.25, 0.3) is 0 Å². The Morgan fingerprint density at radius 2 is 1.77 bits per heavy atom. The van der Waals surface area contributed by atoms with Crippen LogP contribution >= 0.6 is 0 Å². The van der Waals surface area contributed by atoms with E-state index in [4.69, 9.17) is 0 Å². The zero-order valence-corrected chi connectivity index (χ0v) is 20.5. The third kappa shape index (κ3) is 6.63. The van der Waals surface area contributed by atoms with E-state index in [0.717, 1.165) is 24.6 Å². The van der Waals surface area contributed by atoms with Gasteiger partial charge in [0.05, 0.1) is 33.8 Å². The summed E-state index contributed by atoms with van der Waals surface area (Å²) in [5.74, 6) is 1.43. The van der Waals surface area contributed by atoms with Crippen LogP contribution in [-0.2, 0) is 15.6 Å². The Kier molecular flexibility index (Phi) is 8.04. The third-order valence-electron chi connectivity index (χ3n) is 5.58. The van der Waals surface area contributed by atoms with E-state index in [1.807, 2.05) is 18.2 Å². The van der Waals surface area contributed by atoms with Crippen molar-refractivity contribution in [2.75, 3.05) is 40.2 Å². The molecule has 1 atom stereocenters. The van der Waals surface area contributed by atoms with Gasteiger partial charge in [0.15, 0.2) is 5.82 Å². The number of amides is 1. The molecule has 1 aliphatic rings. The largest absolute Gasteiger partial charge is 0.357 e. The van der Waals surface area contributed by atoms with Gasteiger partial charge in [0.1, 0.15) is 5.82 Å². The fraction of sp³-hybridized carbons (Fsp3) is 0.280. The maximum atomic E-state index is 12.3. The van der Waals surface area contributed by atoms with Crippen LogP contribution in [0.3, 0.4) is 0 Å². The molecule has 1 amide bonds. The highest BCUT2D eigenvalue weighted by Gasteiger charge is 2.13. The van der Waals surface area contributed by atoms with Crippen LogP contribution < -0.4 is 20.9 Å². The summed E-state index contributed by atoms with van der Waals surface area (Å²) in [5.41, 5.74) is 2.03. The number of nitrogens with zero attached hydrogens (tertiary/aromatic N) is 4. The van der Waals surface area contributed by atoms with Crippen molar-refractivity contribution in [3.63, 3.8) is 0 Å². The average molecular weight is 492 g/mol. The summed E-state index contributed by atoms with van der Waals surface area (Å²) in [5, 5.41) is 9.08. The molecule has 0 radical (unpaired) electrons. The maximum absolute atomic E-state index is 12.3. The summed E-state index contributed by atoms with van der Waals surface area (Å²) in [7, 11) is -1.31. The van der Waals surface area contributed by atoms with Crippen LogP contribution in [0.4, 0.5) is 34.6 Å². The number of aromatic nitrogens is 3. The van der Waals surface area contributed by atoms with Crippen molar-refractivity contribution >= 4 is 51.4 Å². The number of benzene rings is 1. The Labute approximate surface area is 207 Å². The first-order valence-corrected chi connectivity index (χ1v) is 13.1. The van der Waals surface area contributed by atoms with Gasteiger partial charge >= 0.3 is 0 Å². The minimum absolute atomic E-state index is 0.304. The SMILES string of the molecule is C=CC(=O)Nc1cccc(Nc2nc(Nc3ccc(N4CCCCCC4)nc3)ncc2S(C)=O)c1. The number of rotatable bonds is 8. The lowest BCUT2D eigenvalue weighted by atomic mass is 10.2. The summed E-state index contributed by atoms with van der Waals surface area (Å²) in [6.07, 6.45) is 11.0. The number of nitrogens with one attached hydrogen (secondary N) is 3. The summed E-state index contributed by atoms with van der Waals surface area (Å²) >= 11 is 0. The van der Waals surface area contributed by atoms with Gasteiger partial charge in [-0.05, 0) is 49.2 Å². The third-order valence-corrected chi connectivity index (χ3v) is 6.50. The van der Waals surface area contributed by atoms with Gasteiger partial charge in [-0.1, -0.05) is 25.5 Å². The smallest absolute Gasteiger partial charge is 0.247 e. The minimum Gasteiger partial charge on any atom is -0.357 e. The number of hydrogen-bond donors (Lipinski definition) is 3. The predicted octanol–water partition coefficient (Wildman–Crippen LogP) is 4.60. The molecule has 3 aromatic rings. The van der Waals surface area contributed by atoms with E-state index < -0.39 is 10.8 Å². The van der Waals surface area contributed by atoms with Crippen LogP contribution in [0.5, 0.6) is 0 Å².